The van der Waals surface area contributed by atoms with E-state index in [1.165, 1.54) is 39.0 Å². The van der Waals surface area contributed by atoms with E-state index in [9.17, 15) is 9.59 Å². The summed E-state index contributed by atoms with van der Waals surface area (Å²) in [6.07, 6.45) is 6.37. The molecular formula is C26H32O6. The van der Waals surface area contributed by atoms with Gasteiger partial charge >= 0.3 is 11.9 Å². The Morgan fingerprint density at radius 1 is 0.781 bits per heavy atom. The number of carbonyl (C=O) groups is 2. The van der Waals surface area contributed by atoms with Crippen LogP contribution in [0.5, 0.6) is 17.2 Å². The van der Waals surface area contributed by atoms with Crippen LogP contribution < -0.4 is 14.2 Å². The van der Waals surface area contributed by atoms with Gasteiger partial charge in [-0.1, -0.05) is 26.2 Å². The molecule has 0 amide bonds. The Hall–Kier alpha value is -3.02. The van der Waals surface area contributed by atoms with Crippen LogP contribution in [0.3, 0.4) is 0 Å². The summed E-state index contributed by atoms with van der Waals surface area (Å²) in [6, 6.07) is 13.8. The van der Waals surface area contributed by atoms with Crippen LogP contribution in [-0.4, -0.2) is 31.8 Å². The highest BCUT2D eigenvalue weighted by molar-refractivity contribution is 5.91. The van der Waals surface area contributed by atoms with Crippen LogP contribution in [0, 0.1) is 11.8 Å². The molecular weight excluding hydrogens is 408 g/mol. The zero-order valence-corrected chi connectivity index (χ0v) is 18.9. The second kappa shape index (κ2) is 12.1. The van der Waals surface area contributed by atoms with Gasteiger partial charge in [0.2, 0.25) is 0 Å². The van der Waals surface area contributed by atoms with Gasteiger partial charge in [0, 0.05) is 6.92 Å². The van der Waals surface area contributed by atoms with Crippen LogP contribution in [0.2, 0.25) is 0 Å². The summed E-state index contributed by atoms with van der Waals surface area (Å²) >= 11 is 0. The molecule has 0 aliphatic heterocycles. The lowest BCUT2D eigenvalue weighted by atomic mass is 9.81. The van der Waals surface area contributed by atoms with Crippen LogP contribution in [0.25, 0.3) is 0 Å². The van der Waals surface area contributed by atoms with Crippen LogP contribution in [0.15, 0.2) is 48.5 Å². The molecule has 1 aliphatic rings. The molecule has 32 heavy (non-hydrogen) atoms. The van der Waals surface area contributed by atoms with Crippen LogP contribution in [-0.2, 0) is 9.53 Å². The lowest BCUT2D eigenvalue weighted by molar-refractivity contribution is -0.141. The second-order valence-electron chi connectivity index (χ2n) is 8.18. The fourth-order valence-electron chi connectivity index (χ4n) is 3.82. The largest absolute Gasteiger partial charge is 0.493 e. The third kappa shape index (κ3) is 7.59. The number of ether oxygens (including phenoxy) is 4. The lowest BCUT2D eigenvalue weighted by Crippen LogP contribution is -2.19. The van der Waals surface area contributed by atoms with Crippen LogP contribution >= 0.6 is 0 Å². The summed E-state index contributed by atoms with van der Waals surface area (Å²) in [7, 11) is 0. The first-order valence-corrected chi connectivity index (χ1v) is 11.3. The van der Waals surface area contributed by atoms with Crippen molar-refractivity contribution in [2.24, 2.45) is 11.8 Å². The van der Waals surface area contributed by atoms with E-state index < -0.39 is 5.97 Å². The highest BCUT2D eigenvalue weighted by atomic mass is 16.6. The van der Waals surface area contributed by atoms with E-state index in [1.54, 1.807) is 36.4 Å². The summed E-state index contributed by atoms with van der Waals surface area (Å²) in [5, 5.41) is 0. The molecule has 0 saturated heterocycles. The molecule has 172 valence electrons. The maximum Gasteiger partial charge on any atom is 0.343 e. The monoisotopic (exact) mass is 440 g/mol. The van der Waals surface area contributed by atoms with Gasteiger partial charge in [-0.05, 0) is 73.2 Å². The van der Waals surface area contributed by atoms with Gasteiger partial charge in [-0.15, -0.1) is 0 Å². The fourth-order valence-corrected chi connectivity index (χ4v) is 3.82. The Kier molecular flexibility index (Phi) is 8.96. The maximum absolute atomic E-state index is 12.4. The van der Waals surface area contributed by atoms with Crippen molar-refractivity contribution in [2.45, 2.75) is 46.0 Å². The molecule has 1 aliphatic carbocycles. The topological polar surface area (TPSA) is 71.1 Å². The van der Waals surface area contributed by atoms with Crippen molar-refractivity contribution < 1.29 is 28.5 Å². The Bertz CT molecular complexity index is 851. The predicted octanol–water partition coefficient (Wildman–Crippen LogP) is 5.44. The Morgan fingerprint density at radius 3 is 1.97 bits per heavy atom. The van der Waals surface area contributed by atoms with Crippen molar-refractivity contribution >= 4 is 11.9 Å². The lowest BCUT2D eigenvalue weighted by Gasteiger charge is -2.27. The fraction of sp³-hybridized carbons (Fsp3) is 0.462. The van der Waals surface area contributed by atoms with Gasteiger partial charge in [-0.25, -0.2) is 4.79 Å². The molecule has 6 nitrogen and oxygen atoms in total. The first-order valence-electron chi connectivity index (χ1n) is 11.3. The first-order chi connectivity index (χ1) is 15.5. The Balaban J connectivity index is 1.41. The van der Waals surface area contributed by atoms with Crippen molar-refractivity contribution in [3.05, 3.63) is 54.1 Å². The van der Waals surface area contributed by atoms with E-state index in [0.29, 0.717) is 23.0 Å². The van der Waals surface area contributed by atoms with E-state index in [-0.39, 0.29) is 19.2 Å². The standard InChI is InChI=1S/C26H32O6/c1-3-20-4-6-21(7-5-20)18-31-24-12-14-25(15-13-24)32-26(28)22-8-10-23(11-9-22)30-17-16-29-19(2)27/h8-15,20-21H,3-7,16-18H2,1-2H3. The quantitative estimate of drug-likeness (QED) is 0.278. The molecule has 0 heterocycles. The van der Waals surface area contributed by atoms with Crippen LogP contribution in [0.4, 0.5) is 0 Å². The van der Waals surface area contributed by atoms with Gasteiger partial charge in [0.15, 0.2) is 0 Å². The molecule has 0 bridgehead atoms. The number of hydrogen-bond donors (Lipinski definition) is 0. The zero-order chi connectivity index (χ0) is 22.8. The van der Waals surface area contributed by atoms with Crippen molar-refractivity contribution in [2.75, 3.05) is 19.8 Å². The van der Waals surface area contributed by atoms with Gasteiger partial charge < -0.3 is 18.9 Å². The highest BCUT2D eigenvalue weighted by Gasteiger charge is 2.20. The minimum absolute atomic E-state index is 0.179. The number of esters is 2. The molecule has 0 spiro atoms. The molecule has 2 aromatic rings. The van der Waals surface area contributed by atoms with Crippen molar-refractivity contribution in [3.63, 3.8) is 0 Å². The average molecular weight is 441 g/mol. The SMILES string of the molecule is CCC1CCC(COc2ccc(OC(=O)c3ccc(OCCOC(C)=O)cc3)cc2)CC1. The molecule has 0 N–H and O–H groups in total. The van der Waals surface area contributed by atoms with Gasteiger partial charge in [0.1, 0.15) is 30.5 Å². The molecule has 6 heteroatoms. The van der Waals surface area contributed by atoms with Gasteiger partial charge in [0.05, 0.1) is 12.2 Å². The van der Waals surface area contributed by atoms with Crippen molar-refractivity contribution in [1.82, 2.24) is 0 Å². The minimum atomic E-state index is -0.446. The summed E-state index contributed by atoms with van der Waals surface area (Å²) in [4.78, 5) is 23.1. The normalized spacial score (nSPS) is 17.9. The van der Waals surface area contributed by atoms with Gasteiger partial charge in [-0.2, -0.15) is 0 Å². The minimum Gasteiger partial charge on any atom is -0.493 e. The average Bonchev–Trinajstić information content (AvgIpc) is 2.82. The van der Waals surface area contributed by atoms with Gasteiger partial charge in [-0.3, -0.25) is 4.79 Å². The van der Waals surface area contributed by atoms with Gasteiger partial charge in [0.25, 0.3) is 0 Å². The molecule has 1 saturated carbocycles. The summed E-state index contributed by atoms with van der Waals surface area (Å²) in [5.74, 6) is 2.56. The van der Waals surface area contributed by atoms with Crippen molar-refractivity contribution in [1.29, 1.82) is 0 Å². The van der Waals surface area contributed by atoms with E-state index in [4.69, 9.17) is 18.9 Å². The molecule has 0 radical (unpaired) electrons. The molecule has 0 unspecified atom stereocenters. The van der Waals surface area contributed by atoms with Crippen molar-refractivity contribution in [3.8, 4) is 17.2 Å². The zero-order valence-electron chi connectivity index (χ0n) is 18.9. The van der Waals surface area contributed by atoms with E-state index >= 15 is 0 Å². The van der Waals surface area contributed by atoms with E-state index in [0.717, 1.165) is 18.3 Å². The molecule has 2 aromatic carbocycles. The number of rotatable bonds is 10. The maximum atomic E-state index is 12.4. The van der Waals surface area contributed by atoms with E-state index in [1.807, 2.05) is 12.1 Å². The highest BCUT2D eigenvalue weighted by Crippen LogP contribution is 2.31. The molecule has 3 rings (SSSR count). The first kappa shape index (κ1) is 23.6. The third-order valence-electron chi connectivity index (χ3n) is 5.81. The predicted molar refractivity (Wildman–Crippen MR) is 121 cm³/mol. The summed E-state index contributed by atoms with van der Waals surface area (Å²) < 4.78 is 21.7. The number of hydrogen-bond acceptors (Lipinski definition) is 6. The molecule has 0 atom stereocenters. The summed E-state index contributed by atoms with van der Waals surface area (Å²) in [5.41, 5.74) is 0.417. The second-order valence-corrected chi connectivity index (χ2v) is 8.18. The Labute approximate surface area is 189 Å². The molecule has 1 fully saturated rings. The summed E-state index contributed by atoms with van der Waals surface area (Å²) in [6.45, 7) is 4.79. The smallest absolute Gasteiger partial charge is 0.343 e. The number of benzene rings is 2. The Morgan fingerprint density at radius 2 is 1.34 bits per heavy atom. The van der Waals surface area contributed by atoms with E-state index in [2.05, 4.69) is 6.92 Å². The number of carbonyl (C=O) groups excluding carboxylic acids is 2. The molecule has 0 aromatic heterocycles. The third-order valence-corrected chi connectivity index (χ3v) is 5.81. The van der Waals surface area contributed by atoms with Crippen LogP contribution in [0.1, 0.15) is 56.3 Å².